The van der Waals surface area contributed by atoms with Crippen molar-refractivity contribution >= 4 is 17.5 Å². The first kappa shape index (κ1) is 17.5. The van der Waals surface area contributed by atoms with Gasteiger partial charge in [-0.3, -0.25) is 9.59 Å². The smallest absolute Gasteiger partial charge is 0.259 e. The number of aromatic nitrogens is 1. The van der Waals surface area contributed by atoms with Crippen molar-refractivity contribution < 1.29 is 14.3 Å². The summed E-state index contributed by atoms with van der Waals surface area (Å²) in [6, 6.07) is 8.97. The number of benzene rings is 1. The highest BCUT2D eigenvalue weighted by molar-refractivity contribution is 6.00. The van der Waals surface area contributed by atoms with Crippen LogP contribution in [0.3, 0.4) is 0 Å². The number of nitrogens with one attached hydrogen (secondary N) is 1. The van der Waals surface area contributed by atoms with Crippen LogP contribution < -0.4 is 10.1 Å². The first-order valence-electron chi connectivity index (χ1n) is 7.54. The molecule has 0 unspecified atom stereocenters. The van der Waals surface area contributed by atoms with E-state index in [0.29, 0.717) is 5.56 Å². The summed E-state index contributed by atoms with van der Waals surface area (Å²) >= 11 is 0. The maximum Gasteiger partial charge on any atom is 0.259 e. The molecule has 0 bridgehead atoms. The van der Waals surface area contributed by atoms with E-state index in [1.165, 1.54) is 12.0 Å². The van der Waals surface area contributed by atoms with Crippen LogP contribution in [0.5, 0.6) is 5.88 Å². The van der Waals surface area contributed by atoms with E-state index in [9.17, 15) is 9.59 Å². The number of rotatable bonds is 5. The van der Waals surface area contributed by atoms with Crippen molar-refractivity contribution in [1.82, 2.24) is 9.88 Å². The van der Waals surface area contributed by atoms with Gasteiger partial charge in [-0.15, -0.1) is 0 Å². The fraction of sp³-hybridized carbons (Fsp3) is 0.278. The second kappa shape index (κ2) is 7.59. The van der Waals surface area contributed by atoms with Crippen molar-refractivity contribution in [2.24, 2.45) is 0 Å². The third kappa shape index (κ3) is 3.90. The molecule has 0 aliphatic heterocycles. The van der Waals surface area contributed by atoms with Crippen LogP contribution in [0.1, 0.15) is 21.5 Å². The fourth-order valence-electron chi connectivity index (χ4n) is 2.29. The molecule has 1 N–H and O–H groups in total. The van der Waals surface area contributed by atoms with Gasteiger partial charge < -0.3 is 15.0 Å². The Balaban J connectivity index is 2.06. The maximum absolute atomic E-state index is 12.5. The average Bonchev–Trinajstić information content (AvgIpc) is 2.58. The molecule has 0 fully saturated rings. The van der Waals surface area contributed by atoms with Crippen molar-refractivity contribution in [3.63, 3.8) is 0 Å². The van der Waals surface area contributed by atoms with Crippen LogP contribution >= 0.6 is 0 Å². The highest BCUT2D eigenvalue weighted by Gasteiger charge is 2.19. The van der Waals surface area contributed by atoms with Gasteiger partial charge in [-0.25, -0.2) is 4.98 Å². The SMILES string of the molecule is COc1ncccc1C(=O)N(C)CC(=O)Nc1cccc(C)c1C. The summed E-state index contributed by atoms with van der Waals surface area (Å²) in [5.74, 6) is -0.345. The second-order valence-corrected chi connectivity index (χ2v) is 5.52. The Hall–Kier alpha value is -2.89. The third-order valence-electron chi connectivity index (χ3n) is 3.80. The van der Waals surface area contributed by atoms with Gasteiger partial charge in [0.25, 0.3) is 5.91 Å². The van der Waals surface area contributed by atoms with Gasteiger partial charge in [0, 0.05) is 18.9 Å². The van der Waals surface area contributed by atoms with Crippen molar-refractivity contribution in [3.8, 4) is 5.88 Å². The lowest BCUT2D eigenvalue weighted by atomic mass is 10.1. The average molecular weight is 327 g/mol. The van der Waals surface area contributed by atoms with Gasteiger partial charge in [0.2, 0.25) is 11.8 Å². The molecular weight excluding hydrogens is 306 g/mol. The van der Waals surface area contributed by atoms with E-state index < -0.39 is 0 Å². The standard InChI is InChI=1S/C18H21N3O3/c1-12-7-5-9-15(13(12)2)20-16(22)11-21(3)18(23)14-8-6-10-19-17(14)24-4/h5-10H,11H2,1-4H3,(H,20,22). The van der Waals surface area contributed by atoms with Gasteiger partial charge in [-0.1, -0.05) is 12.1 Å². The van der Waals surface area contributed by atoms with Crippen LogP contribution in [-0.2, 0) is 4.79 Å². The number of likely N-dealkylation sites (N-methyl/N-ethyl adjacent to an activating group) is 1. The van der Waals surface area contributed by atoms with Crippen molar-refractivity contribution in [2.75, 3.05) is 26.0 Å². The van der Waals surface area contributed by atoms with Gasteiger partial charge in [0.1, 0.15) is 5.56 Å². The summed E-state index contributed by atoms with van der Waals surface area (Å²) in [4.78, 5) is 30.0. The van der Waals surface area contributed by atoms with Crippen LogP contribution in [0.25, 0.3) is 0 Å². The van der Waals surface area contributed by atoms with Gasteiger partial charge in [0.05, 0.1) is 13.7 Å². The number of ether oxygens (including phenoxy) is 1. The molecule has 0 spiro atoms. The van der Waals surface area contributed by atoms with Gasteiger partial charge in [-0.05, 0) is 43.2 Å². The lowest BCUT2D eigenvalue weighted by Crippen LogP contribution is -2.35. The van der Waals surface area contributed by atoms with Crippen LogP contribution in [0, 0.1) is 13.8 Å². The fourth-order valence-corrected chi connectivity index (χ4v) is 2.29. The molecule has 2 amide bonds. The van der Waals surface area contributed by atoms with Gasteiger partial charge in [-0.2, -0.15) is 0 Å². The van der Waals surface area contributed by atoms with Crippen molar-refractivity contribution in [1.29, 1.82) is 0 Å². The largest absolute Gasteiger partial charge is 0.480 e. The topological polar surface area (TPSA) is 71.5 Å². The molecule has 6 heteroatoms. The summed E-state index contributed by atoms with van der Waals surface area (Å²) in [7, 11) is 3.02. The Bertz CT molecular complexity index is 759. The molecule has 0 aliphatic rings. The predicted octanol–water partition coefficient (Wildman–Crippen LogP) is 2.42. The molecule has 0 radical (unpaired) electrons. The number of carbonyl (C=O) groups excluding carboxylic acids is 2. The van der Waals surface area contributed by atoms with Crippen molar-refractivity contribution in [2.45, 2.75) is 13.8 Å². The first-order valence-corrected chi connectivity index (χ1v) is 7.54. The van der Waals surface area contributed by atoms with Crippen molar-refractivity contribution in [3.05, 3.63) is 53.2 Å². The van der Waals surface area contributed by atoms with E-state index in [0.717, 1.165) is 16.8 Å². The molecule has 24 heavy (non-hydrogen) atoms. The predicted molar refractivity (Wildman–Crippen MR) is 92.3 cm³/mol. The number of carbonyl (C=O) groups is 2. The highest BCUT2D eigenvalue weighted by atomic mass is 16.5. The van der Waals surface area contributed by atoms with Crippen LogP contribution in [-0.4, -0.2) is 42.4 Å². The number of hydrogen-bond acceptors (Lipinski definition) is 4. The Labute approximate surface area is 141 Å². The number of hydrogen-bond donors (Lipinski definition) is 1. The zero-order chi connectivity index (χ0) is 17.7. The second-order valence-electron chi connectivity index (χ2n) is 5.52. The number of anilines is 1. The van der Waals surface area contributed by atoms with Gasteiger partial charge in [0.15, 0.2) is 0 Å². The summed E-state index contributed by atoms with van der Waals surface area (Å²) in [6.07, 6.45) is 1.54. The molecule has 1 heterocycles. The number of amides is 2. The number of methoxy groups -OCH3 is 1. The number of aryl methyl sites for hydroxylation is 1. The number of pyridine rings is 1. The molecule has 0 atom stereocenters. The zero-order valence-corrected chi connectivity index (χ0v) is 14.3. The van der Waals surface area contributed by atoms with E-state index in [4.69, 9.17) is 4.74 Å². The summed E-state index contributed by atoms with van der Waals surface area (Å²) < 4.78 is 5.09. The Kier molecular flexibility index (Phi) is 5.52. The van der Waals surface area contributed by atoms with Crippen LogP contribution in [0.2, 0.25) is 0 Å². The minimum absolute atomic E-state index is 0.0652. The first-order chi connectivity index (χ1) is 11.4. The molecular formula is C18H21N3O3. The van der Waals surface area contributed by atoms with E-state index in [-0.39, 0.29) is 24.2 Å². The lowest BCUT2D eigenvalue weighted by Gasteiger charge is -2.18. The lowest BCUT2D eigenvalue weighted by molar-refractivity contribution is -0.116. The Morgan fingerprint density at radius 2 is 1.96 bits per heavy atom. The van der Waals surface area contributed by atoms with E-state index in [1.807, 2.05) is 32.0 Å². The molecule has 1 aromatic heterocycles. The molecule has 0 saturated carbocycles. The van der Waals surface area contributed by atoms with E-state index in [1.54, 1.807) is 25.4 Å². The van der Waals surface area contributed by atoms with E-state index in [2.05, 4.69) is 10.3 Å². The summed E-state index contributed by atoms with van der Waals surface area (Å²) in [6.45, 7) is 3.86. The molecule has 0 aliphatic carbocycles. The quantitative estimate of drug-likeness (QED) is 0.915. The Morgan fingerprint density at radius 1 is 1.21 bits per heavy atom. The normalized spacial score (nSPS) is 10.2. The zero-order valence-electron chi connectivity index (χ0n) is 14.3. The molecule has 0 saturated heterocycles. The minimum atomic E-state index is -0.323. The monoisotopic (exact) mass is 327 g/mol. The highest BCUT2D eigenvalue weighted by Crippen LogP contribution is 2.18. The van der Waals surface area contributed by atoms with Crippen LogP contribution in [0.4, 0.5) is 5.69 Å². The minimum Gasteiger partial charge on any atom is -0.480 e. The molecule has 6 nitrogen and oxygen atoms in total. The molecule has 2 rings (SSSR count). The third-order valence-corrected chi connectivity index (χ3v) is 3.80. The van der Waals surface area contributed by atoms with Crippen LogP contribution in [0.15, 0.2) is 36.5 Å². The van der Waals surface area contributed by atoms with Gasteiger partial charge >= 0.3 is 0 Å². The Morgan fingerprint density at radius 3 is 2.67 bits per heavy atom. The summed E-state index contributed by atoms with van der Waals surface area (Å²) in [5, 5.41) is 2.84. The number of nitrogens with zero attached hydrogens (tertiary/aromatic N) is 2. The molecule has 1 aromatic carbocycles. The molecule has 2 aromatic rings. The maximum atomic E-state index is 12.5. The summed E-state index contributed by atoms with van der Waals surface area (Å²) in [5.41, 5.74) is 3.17. The van der Waals surface area contributed by atoms with E-state index >= 15 is 0 Å². The molecule has 126 valence electrons.